The normalized spacial score (nSPS) is 17.2. The Morgan fingerprint density at radius 1 is 1.23 bits per heavy atom. The van der Waals surface area contributed by atoms with E-state index < -0.39 is 5.60 Å². The quantitative estimate of drug-likeness (QED) is 0.746. The highest BCUT2D eigenvalue weighted by molar-refractivity contribution is 5.68. The van der Waals surface area contributed by atoms with Gasteiger partial charge in [0, 0.05) is 25.7 Å². The lowest BCUT2D eigenvalue weighted by Crippen LogP contribution is -2.45. The molecule has 0 saturated carbocycles. The van der Waals surface area contributed by atoms with Crippen molar-refractivity contribution in [2.45, 2.75) is 64.7 Å². The van der Waals surface area contributed by atoms with E-state index in [4.69, 9.17) is 15.2 Å². The summed E-state index contributed by atoms with van der Waals surface area (Å²) in [6.45, 7) is 8.55. The molecule has 1 saturated heterocycles. The minimum Gasteiger partial charge on any atom is -0.444 e. The van der Waals surface area contributed by atoms with Gasteiger partial charge in [-0.15, -0.1) is 0 Å². The summed E-state index contributed by atoms with van der Waals surface area (Å²) in [6, 6.07) is 10.4. The van der Waals surface area contributed by atoms with Crippen molar-refractivity contribution < 1.29 is 14.3 Å². The van der Waals surface area contributed by atoms with Crippen molar-refractivity contribution in [1.82, 2.24) is 4.90 Å². The van der Waals surface area contributed by atoms with Crippen molar-refractivity contribution in [3.05, 3.63) is 35.9 Å². The van der Waals surface area contributed by atoms with Gasteiger partial charge in [-0.3, -0.25) is 0 Å². The summed E-state index contributed by atoms with van der Waals surface area (Å²) >= 11 is 0. The Balaban J connectivity index is 1.59. The fourth-order valence-corrected chi connectivity index (χ4v) is 3.26. The van der Waals surface area contributed by atoms with Gasteiger partial charge in [0.05, 0.1) is 6.61 Å². The fourth-order valence-electron chi connectivity index (χ4n) is 3.26. The van der Waals surface area contributed by atoms with Crippen molar-refractivity contribution in [1.29, 1.82) is 0 Å². The van der Waals surface area contributed by atoms with E-state index in [0.717, 1.165) is 45.4 Å². The maximum atomic E-state index is 12.1. The van der Waals surface area contributed by atoms with Crippen LogP contribution >= 0.6 is 0 Å². The number of ether oxygens (including phenoxy) is 2. The highest BCUT2D eigenvalue weighted by Gasteiger charge is 2.29. The molecule has 0 radical (unpaired) electrons. The lowest BCUT2D eigenvalue weighted by molar-refractivity contribution is 0.0172. The summed E-state index contributed by atoms with van der Waals surface area (Å²) in [7, 11) is 0. The van der Waals surface area contributed by atoms with Crippen molar-refractivity contribution in [3.63, 3.8) is 0 Å². The van der Waals surface area contributed by atoms with Crippen LogP contribution in [0, 0.1) is 5.92 Å². The number of likely N-dealkylation sites (tertiary alicyclic amines) is 1. The van der Waals surface area contributed by atoms with Gasteiger partial charge < -0.3 is 20.1 Å². The number of amides is 1. The number of hydrogen-bond donors (Lipinski definition) is 1. The van der Waals surface area contributed by atoms with E-state index >= 15 is 0 Å². The maximum absolute atomic E-state index is 12.1. The molecule has 1 atom stereocenters. The molecule has 1 aromatic carbocycles. The molecule has 0 bridgehead atoms. The molecular weight excluding hydrogens is 328 g/mol. The maximum Gasteiger partial charge on any atom is 0.410 e. The Hall–Kier alpha value is -1.59. The number of carbonyl (C=O) groups excluding carboxylic acids is 1. The molecule has 2 rings (SSSR count). The second-order valence-electron chi connectivity index (χ2n) is 8.15. The Labute approximate surface area is 157 Å². The lowest BCUT2D eigenvalue weighted by Gasteiger charge is -2.35. The Bertz CT molecular complexity index is 534. The third-order valence-electron chi connectivity index (χ3n) is 4.73. The van der Waals surface area contributed by atoms with Crippen molar-refractivity contribution >= 4 is 6.09 Å². The number of carbonyl (C=O) groups is 1. The van der Waals surface area contributed by atoms with Crippen LogP contribution in [0.5, 0.6) is 0 Å². The molecule has 2 N–H and O–H groups in total. The predicted molar refractivity (Wildman–Crippen MR) is 104 cm³/mol. The molecule has 146 valence electrons. The van der Waals surface area contributed by atoms with Gasteiger partial charge in [-0.1, -0.05) is 30.3 Å². The molecule has 1 aliphatic rings. The van der Waals surface area contributed by atoms with Crippen LogP contribution in [-0.2, 0) is 16.1 Å². The monoisotopic (exact) mass is 362 g/mol. The van der Waals surface area contributed by atoms with Gasteiger partial charge >= 0.3 is 6.09 Å². The van der Waals surface area contributed by atoms with Gasteiger partial charge in [-0.2, -0.15) is 0 Å². The first-order valence-electron chi connectivity index (χ1n) is 9.70. The number of hydrogen-bond acceptors (Lipinski definition) is 4. The van der Waals surface area contributed by atoms with Crippen LogP contribution in [0.15, 0.2) is 30.3 Å². The lowest BCUT2D eigenvalue weighted by atomic mass is 9.88. The number of nitrogens with two attached hydrogens (primary N) is 1. The molecule has 1 aromatic rings. The topological polar surface area (TPSA) is 64.8 Å². The number of piperidine rings is 1. The third-order valence-corrected chi connectivity index (χ3v) is 4.73. The zero-order valence-electron chi connectivity index (χ0n) is 16.4. The standard InChI is InChI=1S/C21H34N2O3/c1-21(2,3)26-20(24)23-13-11-18(12-14-23)19(22)10-7-15-25-16-17-8-5-4-6-9-17/h4-6,8-9,18-19H,7,10-16,22H2,1-3H3. The zero-order valence-corrected chi connectivity index (χ0v) is 16.4. The predicted octanol–water partition coefficient (Wildman–Crippen LogP) is 3.96. The molecule has 0 aliphatic carbocycles. The molecule has 1 fully saturated rings. The molecule has 1 amide bonds. The summed E-state index contributed by atoms with van der Waals surface area (Å²) in [5.41, 5.74) is 7.13. The van der Waals surface area contributed by atoms with Gasteiger partial charge in [0.2, 0.25) is 0 Å². The minimum atomic E-state index is -0.440. The summed E-state index contributed by atoms with van der Waals surface area (Å²) in [6.07, 6.45) is 3.63. The minimum absolute atomic E-state index is 0.177. The van der Waals surface area contributed by atoms with E-state index in [1.807, 2.05) is 39.0 Å². The smallest absolute Gasteiger partial charge is 0.410 e. The Morgan fingerprint density at radius 2 is 1.88 bits per heavy atom. The van der Waals surface area contributed by atoms with Crippen molar-refractivity contribution in [2.24, 2.45) is 11.7 Å². The van der Waals surface area contributed by atoms with E-state index in [-0.39, 0.29) is 12.1 Å². The SMILES string of the molecule is CC(C)(C)OC(=O)N1CCC(C(N)CCCOCc2ccccc2)CC1. The van der Waals surface area contributed by atoms with Crippen LogP contribution in [-0.4, -0.2) is 42.3 Å². The first-order valence-corrected chi connectivity index (χ1v) is 9.70. The molecule has 1 unspecified atom stereocenters. The highest BCUT2D eigenvalue weighted by Crippen LogP contribution is 2.23. The molecular formula is C21H34N2O3. The second kappa shape index (κ2) is 9.93. The average Bonchev–Trinajstić information content (AvgIpc) is 2.61. The highest BCUT2D eigenvalue weighted by atomic mass is 16.6. The van der Waals surface area contributed by atoms with E-state index in [1.54, 1.807) is 4.90 Å². The largest absolute Gasteiger partial charge is 0.444 e. The first kappa shape index (κ1) is 20.7. The van der Waals surface area contributed by atoms with Crippen LogP contribution in [0.2, 0.25) is 0 Å². The van der Waals surface area contributed by atoms with Gasteiger partial charge in [0.1, 0.15) is 5.60 Å². The van der Waals surface area contributed by atoms with E-state index in [1.165, 1.54) is 5.56 Å². The summed E-state index contributed by atoms with van der Waals surface area (Å²) in [5, 5.41) is 0. The van der Waals surface area contributed by atoms with Crippen molar-refractivity contribution in [2.75, 3.05) is 19.7 Å². The van der Waals surface area contributed by atoms with E-state index in [2.05, 4.69) is 12.1 Å². The number of benzene rings is 1. The summed E-state index contributed by atoms with van der Waals surface area (Å²) in [4.78, 5) is 13.9. The van der Waals surface area contributed by atoms with Crippen LogP contribution in [0.25, 0.3) is 0 Å². The van der Waals surface area contributed by atoms with Crippen LogP contribution in [0.1, 0.15) is 52.0 Å². The second-order valence-corrected chi connectivity index (χ2v) is 8.15. The fraction of sp³-hybridized carbons (Fsp3) is 0.667. The van der Waals surface area contributed by atoms with Crippen LogP contribution in [0.3, 0.4) is 0 Å². The zero-order chi connectivity index (χ0) is 19.0. The number of nitrogens with zero attached hydrogens (tertiary/aromatic N) is 1. The first-order chi connectivity index (χ1) is 12.3. The van der Waals surface area contributed by atoms with Crippen molar-refractivity contribution in [3.8, 4) is 0 Å². The average molecular weight is 363 g/mol. The Morgan fingerprint density at radius 3 is 2.50 bits per heavy atom. The van der Waals surface area contributed by atoms with Crippen LogP contribution in [0.4, 0.5) is 4.79 Å². The summed E-state index contributed by atoms with van der Waals surface area (Å²) in [5.74, 6) is 0.475. The molecule has 5 heteroatoms. The molecule has 0 aromatic heterocycles. The third kappa shape index (κ3) is 7.34. The molecule has 1 aliphatic heterocycles. The molecule has 0 spiro atoms. The molecule has 26 heavy (non-hydrogen) atoms. The van der Waals surface area contributed by atoms with E-state index in [9.17, 15) is 4.79 Å². The van der Waals surface area contributed by atoms with E-state index in [0.29, 0.717) is 12.5 Å². The Kier molecular flexibility index (Phi) is 7.91. The molecule has 5 nitrogen and oxygen atoms in total. The molecule has 1 heterocycles. The van der Waals surface area contributed by atoms with Gasteiger partial charge in [0.15, 0.2) is 0 Å². The summed E-state index contributed by atoms with van der Waals surface area (Å²) < 4.78 is 11.2. The van der Waals surface area contributed by atoms with Gasteiger partial charge in [-0.05, 0) is 57.9 Å². The van der Waals surface area contributed by atoms with Gasteiger partial charge in [-0.25, -0.2) is 4.79 Å². The van der Waals surface area contributed by atoms with Gasteiger partial charge in [0.25, 0.3) is 0 Å². The number of rotatable bonds is 7. The van der Waals surface area contributed by atoms with Crippen LogP contribution < -0.4 is 5.73 Å².